The lowest BCUT2D eigenvalue weighted by atomic mass is 9.99. The van der Waals surface area contributed by atoms with Crippen LogP contribution in [0.5, 0.6) is 0 Å². The van der Waals surface area contributed by atoms with Crippen LogP contribution < -0.4 is 0 Å². The van der Waals surface area contributed by atoms with Crippen LogP contribution in [0.3, 0.4) is 0 Å². The van der Waals surface area contributed by atoms with Crippen LogP contribution in [0.25, 0.3) is 22.4 Å². The van der Waals surface area contributed by atoms with E-state index in [1.807, 2.05) is 32.1 Å². The highest BCUT2D eigenvalue weighted by molar-refractivity contribution is 5.76. The molecule has 0 radical (unpaired) electrons. The number of benzene rings is 2. The summed E-state index contributed by atoms with van der Waals surface area (Å²) in [5.74, 6) is 0. The monoisotopic (exact) mass is 386 g/mol. The number of allylic oxidation sites excluding steroid dienone is 3. The minimum Gasteiger partial charge on any atom is -0.298 e. The van der Waals surface area contributed by atoms with Gasteiger partial charge in [-0.25, -0.2) is 0 Å². The van der Waals surface area contributed by atoms with E-state index in [4.69, 9.17) is 0 Å². The summed E-state index contributed by atoms with van der Waals surface area (Å²) in [6, 6.07) is 16.7. The molecule has 0 spiro atoms. The van der Waals surface area contributed by atoms with Gasteiger partial charge in [0, 0.05) is 6.54 Å². The lowest BCUT2D eigenvalue weighted by molar-refractivity contribution is 1.14. The molecule has 0 atom stereocenters. The molecule has 2 heteroatoms. The van der Waals surface area contributed by atoms with Crippen molar-refractivity contribution in [2.45, 2.75) is 27.2 Å². The van der Waals surface area contributed by atoms with Crippen molar-refractivity contribution in [2.24, 2.45) is 9.98 Å². The van der Waals surface area contributed by atoms with Gasteiger partial charge in [-0.2, -0.15) is 0 Å². The zero-order valence-corrected chi connectivity index (χ0v) is 18.2. The molecule has 0 saturated carbocycles. The van der Waals surface area contributed by atoms with Gasteiger partial charge in [-0.3, -0.25) is 9.98 Å². The van der Waals surface area contributed by atoms with Crippen molar-refractivity contribution in [2.75, 3.05) is 6.54 Å². The average molecular weight is 387 g/mol. The summed E-state index contributed by atoms with van der Waals surface area (Å²) >= 11 is 0. The molecule has 2 aromatic rings. The number of nitrogens with zero attached hydrogens (tertiary/aromatic N) is 2. The third-order valence-electron chi connectivity index (χ3n) is 3.97. The van der Waals surface area contributed by atoms with Crippen LogP contribution in [0.1, 0.15) is 38.3 Å². The maximum absolute atomic E-state index is 3.88. The Morgan fingerprint density at radius 2 is 1.38 bits per heavy atom. The molecule has 2 nitrogen and oxygen atoms in total. The second-order valence-electron chi connectivity index (χ2n) is 5.79. The van der Waals surface area contributed by atoms with Gasteiger partial charge in [-0.1, -0.05) is 80.8 Å². The van der Waals surface area contributed by atoms with E-state index in [1.54, 1.807) is 6.21 Å². The van der Waals surface area contributed by atoms with Gasteiger partial charge in [0.15, 0.2) is 0 Å². The fourth-order valence-corrected chi connectivity index (χ4v) is 2.52. The van der Waals surface area contributed by atoms with E-state index in [2.05, 4.69) is 92.4 Å². The Hall–Kier alpha value is -3.26. The second kappa shape index (κ2) is 15.8. The number of hydrogen-bond acceptors (Lipinski definition) is 2. The molecule has 0 bridgehead atoms. The largest absolute Gasteiger partial charge is 0.298 e. The van der Waals surface area contributed by atoms with Crippen LogP contribution in [-0.2, 0) is 0 Å². The summed E-state index contributed by atoms with van der Waals surface area (Å²) in [7, 11) is 0. The molecule has 0 aliphatic carbocycles. The van der Waals surface area contributed by atoms with Crippen molar-refractivity contribution in [3.05, 3.63) is 98.1 Å². The Morgan fingerprint density at radius 1 is 0.897 bits per heavy atom. The third kappa shape index (κ3) is 8.98. The van der Waals surface area contributed by atoms with Gasteiger partial charge in [0.25, 0.3) is 0 Å². The van der Waals surface area contributed by atoms with E-state index >= 15 is 0 Å². The first-order valence-corrected chi connectivity index (χ1v) is 9.75. The first-order valence-electron chi connectivity index (χ1n) is 9.75. The number of aliphatic imine (C=N–C) groups is 2. The van der Waals surface area contributed by atoms with Crippen LogP contribution in [0.15, 0.2) is 97.0 Å². The van der Waals surface area contributed by atoms with E-state index in [-0.39, 0.29) is 0 Å². The Morgan fingerprint density at radius 3 is 1.69 bits per heavy atom. The van der Waals surface area contributed by atoms with Crippen LogP contribution in [0.4, 0.5) is 0 Å². The molecule has 0 heterocycles. The van der Waals surface area contributed by atoms with Crippen molar-refractivity contribution >= 4 is 24.2 Å². The quantitative estimate of drug-likeness (QED) is 0.262. The molecule has 152 valence electrons. The van der Waals surface area contributed by atoms with Gasteiger partial charge in [0.1, 0.15) is 0 Å². The highest BCUT2D eigenvalue weighted by Gasteiger charge is 2.02. The third-order valence-corrected chi connectivity index (χ3v) is 3.97. The predicted molar refractivity (Wildman–Crippen MR) is 135 cm³/mol. The van der Waals surface area contributed by atoms with E-state index in [1.165, 1.54) is 22.3 Å². The molecule has 0 saturated heterocycles. The Balaban J connectivity index is 0.000000977. The molecule has 0 unspecified atom stereocenters. The van der Waals surface area contributed by atoms with Crippen LogP contribution in [0, 0.1) is 0 Å². The Labute approximate surface area is 177 Å². The van der Waals surface area contributed by atoms with E-state index in [9.17, 15) is 0 Å². The van der Waals surface area contributed by atoms with Gasteiger partial charge < -0.3 is 0 Å². The van der Waals surface area contributed by atoms with E-state index in [0.717, 1.165) is 18.5 Å². The summed E-state index contributed by atoms with van der Waals surface area (Å²) < 4.78 is 0. The van der Waals surface area contributed by atoms with Gasteiger partial charge in [0.2, 0.25) is 0 Å². The van der Waals surface area contributed by atoms with Gasteiger partial charge in [-0.15, -0.1) is 13.2 Å². The molecule has 0 aromatic heterocycles. The first kappa shape index (κ1) is 25.7. The van der Waals surface area contributed by atoms with Gasteiger partial charge >= 0.3 is 0 Å². The maximum atomic E-state index is 3.88. The molecule has 0 amide bonds. The normalized spacial score (nSPS) is 10.2. The molecule has 29 heavy (non-hydrogen) atoms. The second-order valence-corrected chi connectivity index (χ2v) is 5.79. The van der Waals surface area contributed by atoms with Crippen LogP contribution in [0.2, 0.25) is 0 Å². The van der Waals surface area contributed by atoms with Crippen molar-refractivity contribution in [3.8, 4) is 11.1 Å². The predicted octanol–water partition coefficient (Wildman–Crippen LogP) is 7.90. The van der Waals surface area contributed by atoms with Crippen LogP contribution in [-0.4, -0.2) is 19.5 Å². The lowest BCUT2D eigenvalue weighted by Gasteiger charge is -2.07. The van der Waals surface area contributed by atoms with Crippen LogP contribution >= 0.6 is 0 Å². The molecule has 0 N–H and O–H groups in total. The summed E-state index contributed by atoms with van der Waals surface area (Å²) in [6.07, 6.45) is 6.90. The standard InChI is InChI=1S/C21H21N.C4H9N.C2H4/c1-5-7-17(6-2)19-12-14-21(15-13-19)20-10-8-18(9-11-20)16(3)22-4;1-3-5-4-2;1-2/h6-15H,2-5H2,1H3;3H,4H2,1-2H3;1-2H2/b17-7+;;. The SMILES string of the molecule is C=C.C=C/C(=C\CC)c1ccc(-c2ccc(C(=C)N=C)cc2)cc1.CC=NCC. The minimum absolute atomic E-state index is 0.697. The Kier molecular flexibility index (Phi) is 14.0. The summed E-state index contributed by atoms with van der Waals surface area (Å²) in [6.45, 7) is 24.2. The summed E-state index contributed by atoms with van der Waals surface area (Å²) in [5.41, 5.74) is 6.43. The fourth-order valence-electron chi connectivity index (χ4n) is 2.52. The van der Waals surface area contributed by atoms with Crippen molar-refractivity contribution in [1.82, 2.24) is 0 Å². The highest BCUT2D eigenvalue weighted by Crippen LogP contribution is 2.25. The molecular formula is C27H34N2. The van der Waals surface area contributed by atoms with Gasteiger partial charge in [0.05, 0.1) is 5.70 Å². The average Bonchev–Trinajstić information content (AvgIpc) is 2.79. The lowest BCUT2D eigenvalue weighted by Crippen LogP contribution is -1.84. The molecular weight excluding hydrogens is 352 g/mol. The van der Waals surface area contributed by atoms with Crippen molar-refractivity contribution < 1.29 is 0 Å². The maximum Gasteiger partial charge on any atom is 0.0622 e. The zero-order valence-electron chi connectivity index (χ0n) is 18.2. The smallest absolute Gasteiger partial charge is 0.0622 e. The molecule has 0 fully saturated rings. The van der Waals surface area contributed by atoms with Crippen molar-refractivity contribution in [3.63, 3.8) is 0 Å². The molecule has 0 aliphatic heterocycles. The number of rotatable bonds is 7. The molecule has 2 rings (SSSR count). The van der Waals surface area contributed by atoms with E-state index in [0.29, 0.717) is 5.70 Å². The molecule has 2 aromatic carbocycles. The number of hydrogen-bond donors (Lipinski definition) is 0. The highest BCUT2D eigenvalue weighted by atomic mass is 14.7. The first-order chi connectivity index (χ1) is 14.1. The topological polar surface area (TPSA) is 24.7 Å². The van der Waals surface area contributed by atoms with E-state index < -0.39 is 0 Å². The van der Waals surface area contributed by atoms with Crippen molar-refractivity contribution in [1.29, 1.82) is 0 Å². The summed E-state index contributed by atoms with van der Waals surface area (Å²) in [4.78, 5) is 7.71. The minimum atomic E-state index is 0.697. The molecule has 0 aliphatic rings. The van der Waals surface area contributed by atoms with Gasteiger partial charge in [-0.05, 0) is 61.0 Å². The Bertz CT molecular complexity index is 807. The summed E-state index contributed by atoms with van der Waals surface area (Å²) in [5, 5.41) is 0. The zero-order chi connectivity index (χ0) is 22.1. The fraction of sp³-hybridized carbons (Fsp3) is 0.185.